The molecular formula is C7H14OS. The fourth-order valence-corrected chi connectivity index (χ4v) is 1.65. The normalized spacial score (nSPS) is 35.3. The van der Waals surface area contributed by atoms with Gasteiger partial charge in [0.2, 0.25) is 0 Å². The quantitative estimate of drug-likeness (QED) is 0.584. The molecule has 0 N–H and O–H groups in total. The number of thiol groups is 1. The van der Waals surface area contributed by atoms with E-state index < -0.39 is 0 Å². The van der Waals surface area contributed by atoms with Gasteiger partial charge in [0.15, 0.2) is 0 Å². The standard InChI is InChI=1S/C7H14OS/c1-6-7(3-5-9)2-4-8-6/h6-7,9H,2-5H2,1H3. The second-order valence-corrected chi connectivity index (χ2v) is 3.08. The maximum atomic E-state index is 5.38. The molecule has 0 radical (unpaired) electrons. The number of hydrogen-bond donors (Lipinski definition) is 1. The topological polar surface area (TPSA) is 9.23 Å². The smallest absolute Gasteiger partial charge is 0.0576 e. The second-order valence-electron chi connectivity index (χ2n) is 2.64. The van der Waals surface area contributed by atoms with Crippen molar-refractivity contribution in [3.8, 4) is 0 Å². The molecule has 0 spiro atoms. The van der Waals surface area contributed by atoms with Crippen LogP contribution in [-0.2, 0) is 4.74 Å². The third-order valence-corrected chi connectivity index (χ3v) is 2.29. The first-order valence-corrected chi connectivity index (χ1v) is 4.20. The summed E-state index contributed by atoms with van der Waals surface area (Å²) in [5.41, 5.74) is 0. The molecule has 0 aromatic rings. The van der Waals surface area contributed by atoms with Crippen molar-refractivity contribution >= 4 is 12.6 Å². The van der Waals surface area contributed by atoms with Crippen molar-refractivity contribution < 1.29 is 4.74 Å². The van der Waals surface area contributed by atoms with E-state index in [0.717, 1.165) is 18.3 Å². The van der Waals surface area contributed by atoms with Gasteiger partial charge in [-0.15, -0.1) is 0 Å². The zero-order chi connectivity index (χ0) is 6.69. The molecule has 0 bridgehead atoms. The Labute approximate surface area is 62.2 Å². The van der Waals surface area contributed by atoms with E-state index in [2.05, 4.69) is 19.6 Å². The van der Waals surface area contributed by atoms with E-state index in [0.29, 0.717) is 6.10 Å². The Morgan fingerprint density at radius 3 is 2.89 bits per heavy atom. The molecule has 1 aliphatic rings. The van der Waals surface area contributed by atoms with Gasteiger partial charge in [0.1, 0.15) is 0 Å². The summed E-state index contributed by atoms with van der Waals surface area (Å²) in [6.07, 6.45) is 2.93. The van der Waals surface area contributed by atoms with Crippen LogP contribution in [0.25, 0.3) is 0 Å². The first-order valence-electron chi connectivity index (χ1n) is 3.57. The van der Waals surface area contributed by atoms with E-state index in [1.807, 2.05) is 0 Å². The first kappa shape index (κ1) is 7.42. The van der Waals surface area contributed by atoms with Crippen molar-refractivity contribution in [3.63, 3.8) is 0 Å². The zero-order valence-corrected chi connectivity index (χ0v) is 6.73. The molecule has 0 aliphatic carbocycles. The minimum atomic E-state index is 0.483. The van der Waals surface area contributed by atoms with Gasteiger partial charge >= 0.3 is 0 Å². The van der Waals surface area contributed by atoms with Crippen LogP contribution in [0.4, 0.5) is 0 Å². The van der Waals surface area contributed by atoms with E-state index in [9.17, 15) is 0 Å². The van der Waals surface area contributed by atoms with Crippen molar-refractivity contribution in [1.29, 1.82) is 0 Å². The van der Waals surface area contributed by atoms with Crippen LogP contribution in [0.3, 0.4) is 0 Å². The van der Waals surface area contributed by atoms with Crippen LogP contribution in [0.2, 0.25) is 0 Å². The van der Waals surface area contributed by atoms with Crippen molar-refractivity contribution in [1.82, 2.24) is 0 Å². The molecule has 2 atom stereocenters. The van der Waals surface area contributed by atoms with Crippen LogP contribution in [0, 0.1) is 5.92 Å². The molecule has 0 aromatic heterocycles. The lowest BCUT2D eigenvalue weighted by Crippen LogP contribution is -2.11. The van der Waals surface area contributed by atoms with Crippen molar-refractivity contribution in [2.45, 2.75) is 25.9 Å². The van der Waals surface area contributed by atoms with E-state index in [-0.39, 0.29) is 0 Å². The minimum absolute atomic E-state index is 0.483. The summed E-state index contributed by atoms with van der Waals surface area (Å²) < 4.78 is 5.38. The van der Waals surface area contributed by atoms with Crippen molar-refractivity contribution in [2.24, 2.45) is 5.92 Å². The van der Waals surface area contributed by atoms with Crippen molar-refractivity contribution in [2.75, 3.05) is 12.4 Å². The molecule has 0 amide bonds. The summed E-state index contributed by atoms with van der Waals surface area (Å²) in [4.78, 5) is 0. The predicted molar refractivity (Wildman–Crippen MR) is 42.0 cm³/mol. The monoisotopic (exact) mass is 146 g/mol. The molecule has 1 aliphatic heterocycles. The molecule has 1 heterocycles. The van der Waals surface area contributed by atoms with Gasteiger partial charge in [-0.25, -0.2) is 0 Å². The van der Waals surface area contributed by atoms with Gasteiger partial charge in [-0.1, -0.05) is 0 Å². The third-order valence-electron chi connectivity index (χ3n) is 2.03. The van der Waals surface area contributed by atoms with Gasteiger partial charge in [-0.05, 0) is 31.4 Å². The van der Waals surface area contributed by atoms with E-state index in [1.165, 1.54) is 12.8 Å². The zero-order valence-electron chi connectivity index (χ0n) is 5.84. The van der Waals surface area contributed by atoms with Crippen LogP contribution in [0.1, 0.15) is 19.8 Å². The van der Waals surface area contributed by atoms with Crippen LogP contribution in [0.15, 0.2) is 0 Å². The SMILES string of the molecule is CC1OCCC1CCS. The third kappa shape index (κ3) is 1.87. The fraction of sp³-hybridized carbons (Fsp3) is 1.00. The number of rotatable bonds is 2. The van der Waals surface area contributed by atoms with Gasteiger partial charge < -0.3 is 4.74 Å². The summed E-state index contributed by atoms with van der Waals surface area (Å²) in [5.74, 6) is 1.78. The lowest BCUT2D eigenvalue weighted by atomic mass is 10.0. The molecule has 1 nitrogen and oxygen atoms in total. The van der Waals surface area contributed by atoms with Gasteiger partial charge in [0.05, 0.1) is 6.10 Å². The highest BCUT2D eigenvalue weighted by atomic mass is 32.1. The van der Waals surface area contributed by atoms with Gasteiger partial charge in [0.25, 0.3) is 0 Å². The van der Waals surface area contributed by atoms with E-state index in [1.54, 1.807) is 0 Å². The Morgan fingerprint density at radius 2 is 2.44 bits per heavy atom. The molecule has 0 saturated carbocycles. The maximum Gasteiger partial charge on any atom is 0.0576 e. The van der Waals surface area contributed by atoms with E-state index >= 15 is 0 Å². The van der Waals surface area contributed by atoms with Crippen molar-refractivity contribution in [3.05, 3.63) is 0 Å². The summed E-state index contributed by atoms with van der Waals surface area (Å²) in [6.45, 7) is 3.11. The maximum absolute atomic E-state index is 5.38. The predicted octanol–water partition coefficient (Wildman–Crippen LogP) is 1.73. The Kier molecular flexibility index (Phi) is 2.86. The molecule has 0 aromatic carbocycles. The Hall–Kier alpha value is 0.310. The van der Waals surface area contributed by atoms with Crippen LogP contribution in [-0.4, -0.2) is 18.5 Å². The summed E-state index contributed by atoms with van der Waals surface area (Å²) in [7, 11) is 0. The lowest BCUT2D eigenvalue weighted by molar-refractivity contribution is 0.105. The summed E-state index contributed by atoms with van der Waals surface area (Å²) in [6, 6.07) is 0. The Morgan fingerprint density at radius 1 is 1.67 bits per heavy atom. The second kappa shape index (κ2) is 3.47. The number of ether oxygens (including phenoxy) is 1. The molecule has 2 heteroatoms. The molecule has 54 valence electrons. The Bertz CT molecular complexity index is 85.0. The van der Waals surface area contributed by atoms with Gasteiger partial charge in [-0.2, -0.15) is 12.6 Å². The summed E-state index contributed by atoms with van der Waals surface area (Å²) in [5, 5.41) is 0. The number of hydrogen-bond acceptors (Lipinski definition) is 2. The average molecular weight is 146 g/mol. The molecular weight excluding hydrogens is 132 g/mol. The molecule has 1 rings (SSSR count). The summed E-state index contributed by atoms with van der Waals surface area (Å²) >= 11 is 4.18. The van der Waals surface area contributed by atoms with Crippen LogP contribution < -0.4 is 0 Å². The first-order chi connectivity index (χ1) is 4.34. The van der Waals surface area contributed by atoms with E-state index in [4.69, 9.17) is 4.74 Å². The molecule has 1 saturated heterocycles. The molecule has 2 unspecified atom stereocenters. The fourth-order valence-electron chi connectivity index (χ4n) is 1.32. The highest BCUT2D eigenvalue weighted by Gasteiger charge is 2.22. The molecule has 9 heavy (non-hydrogen) atoms. The molecule has 1 fully saturated rings. The lowest BCUT2D eigenvalue weighted by Gasteiger charge is -2.10. The largest absolute Gasteiger partial charge is 0.378 e. The highest BCUT2D eigenvalue weighted by molar-refractivity contribution is 7.80. The highest BCUT2D eigenvalue weighted by Crippen LogP contribution is 2.23. The minimum Gasteiger partial charge on any atom is -0.378 e. The van der Waals surface area contributed by atoms with Crippen LogP contribution >= 0.6 is 12.6 Å². The Balaban J connectivity index is 2.22. The van der Waals surface area contributed by atoms with Crippen LogP contribution in [0.5, 0.6) is 0 Å². The van der Waals surface area contributed by atoms with Gasteiger partial charge in [0, 0.05) is 6.61 Å². The average Bonchev–Trinajstić information content (AvgIpc) is 2.18. The van der Waals surface area contributed by atoms with Gasteiger partial charge in [-0.3, -0.25) is 0 Å².